The lowest BCUT2D eigenvalue weighted by molar-refractivity contribution is 0.981. The monoisotopic (exact) mass is 358 g/mol. The molecule has 2 nitrogen and oxygen atoms in total. The molecule has 3 heterocycles. The van der Waals surface area contributed by atoms with E-state index in [1.165, 1.54) is 55.9 Å². The highest BCUT2D eigenvalue weighted by atomic mass is 15.2. The van der Waals surface area contributed by atoms with E-state index in [0.29, 0.717) is 0 Å². The molecule has 0 radical (unpaired) electrons. The second-order valence-corrected chi connectivity index (χ2v) is 8.04. The number of hydrogen-bond donors (Lipinski definition) is 0. The van der Waals surface area contributed by atoms with Crippen LogP contribution in [0.5, 0.6) is 0 Å². The lowest BCUT2D eigenvalue weighted by Crippen LogP contribution is -2.26. The first kappa shape index (κ1) is 14.6. The standard InChI is InChI=1S/C26H18N2/c1-2-9-22-16(5-1)13-17-10-11-20-14-18-6-3-7-19-15-21-8-4-12-27-26(21)28(24(18)19)25(20)23(17)22/h1-12H,13-15H2. The Balaban J connectivity index is 1.60. The van der Waals surface area contributed by atoms with Crippen LogP contribution < -0.4 is 4.90 Å². The highest BCUT2D eigenvalue weighted by Crippen LogP contribution is 2.55. The van der Waals surface area contributed by atoms with Gasteiger partial charge in [0.15, 0.2) is 0 Å². The number of fused-ring (bicyclic) bond motifs is 8. The zero-order valence-electron chi connectivity index (χ0n) is 15.4. The molecule has 0 saturated heterocycles. The summed E-state index contributed by atoms with van der Waals surface area (Å²) in [5.74, 6) is 1.10. The Kier molecular flexibility index (Phi) is 2.67. The fraction of sp³-hybridized carbons (Fsp3) is 0.115. The van der Waals surface area contributed by atoms with E-state index in [1.807, 2.05) is 6.20 Å². The van der Waals surface area contributed by atoms with Crippen molar-refractivity contribution in [2.75, 3.05) is 4.90 Å². The van der Waals surface area contributed by atoms with Gasteiger partial charge >= 0.3 is 0 Å². The first-order valence-electron chi connectivity index (χ1n) is 9.96. The van der Waals surface area contributed by atoms with Gasteiger partial charge in [-0.25, -0.2) is 4.98 Å². The van der Waals surface area contributed by atoms with Crippen molar-refractivity contribution in [3.8, 4) is 11.1 Å². The Morgan fingerprint density at radius 1 is 0.571 bits per heavy atom. The average Bonchev–Trinajstić information content (AvgIpc) is 3.12. The van der Waals surface area contributed by atoms with Crippen molar-refractivity contribution < 1.29 is 0 Å². The number of para-hydroxylation sites is 1. The summed E-state index contributed by atoms with van der Waals surface area (Å²) in [5.41, 5.74) is 13.9. The normalized spacial score (nSPS) is 14.6. The van der Waals surface area contributed by atoms with Crippen LogP contribution in [0, 0.1) is 0 Å². The van der Waals surface area contributed by atoms with Crippen molar-refractivity contribution >= 4 is 17.2 Å². The number of rotatable bonds is 0. The third-order valence-electron chi connectivity index (χ3n) is 6.51. The molecule has 0 unspecified atom stereocenters. The van der Waals surface area contributed by atoms with E-state index >= 15 is 0 Å². The molecule has 0 spiro atoms. The van der Waals surface area contributed by atoms with Crippen molar-refractivity contribution in [3.05, 3.63) is 106 Å². The third kappa shape index (κ3) is 1.75. The van der Waals surface area contributed by atoms with Gasteiger partial charge in [0.05, 0.1) is 11.4 Å². The molecule has 28 heavy (non-hydrogen) atoms. The Bertz CT molecular complexity index is 1290. The van der Waals surface area contributed by atoms with Crippen LogP contribution in [0.2, 0.25) is 0 Å². The van der Waals surface area contributed by atoms with Crippen LogP contribution in [0.3, 0.4) is 0 Å². The number of hydrogen-bond acceptors (Lipinski definition) is 2. The van der Waals surface area contributed by atoms with Crippen LogP contribution in [-0.4, -0.2) is 4.98 Å². The third-order valence-corrected chi connectivity index (χ3v) is 6.51. The molecule has 3 aromatic carbocycles. The van der Waals surface area contributed by atoms with Crippen LogP contribution in [0.25, 0.3) is 11.1 Å². The van der Waals surface area contributed by atoms with Crippen molar-refractivity contribution in [2.45, 2.75) is 19.3 Å². The number of anilines is 3. The van der Waals surface area contributed by atoms with E-state index in [9.17, 15) is 0 Å². The van der Waals surface area contributed by atoms with Crippen LogP contribution in [0.4, 0.5) is 17.2 Å². The van der Waals surface area contributed by atoms with Crippen LogP contribution in [0.1, 0.15) is 33.4 Å². The van der Waals surface area contributed by atoms with Gasteiger partial charge in [-0.1, -0.05) is 60.7 Å². The summed E-state index contributed by atoms with van der Waals surface area (Å²) in [6.45, 7) is 0. The predicted molar refractivity (Wildman–Crippen MR) is 113 cm³/mol. The fourth-order valence-electron chi connectivity index (χ4n) is 5.37. The molecular formula is C26H18N2. The van der Waals surface area contributed by atoms with Crippen molar-refractivity contribution in [2.24, 2.45) is 0 Å². The highest BCUT2D eigenvalue weighted by molar-refractivity contribution is 5.98. The fourth-order valence-corrected chi connectivity index (χ4v) is 5.37. The summed E-state index contributed by atoms with van der Waals surface area (Å²) in [5, 5.41) is 0. The molecule has 7 rings (SSSR count). The van der Waals surface area contributed by atoms with E-state index in [2.05, 4.69) is 71.6 Å². The number of nitrogens with zero attached hydrogens (tertiary/aromatic N) is 2. The molecule has 0 N–H and O–H groups in total. The van der Waals surface area contributed by atoms with Crippen LogP contribution >= 0.6 is 0 Å². The van der Waals surface area contributed by atoms with Gasteiger partial charge in [0.2, 0.25) is 0 Å². The largest absolute Gasteiger partial charge is 0.293 e. The highest BCUT2D eigenvalue weighted by Gasteiger charge is 2.36. The van der Waals surface area contributed by atoms with Crippen molar-refractivity contribution in [3.63, 3.8) is 0 Å². The Morgan fingerprint density at radius 2 is 1.25 bits per heavy atom. The van der Waals surface area contributed by atoms with Crippen LogP contribution in [-0.2, 0) is 19.3 Å². The minimum absolute atomic E-state index is 0.962. The molecule has 0 fully saturated rings. The maximum Gasteiger partial charge on any atom is 0.141 e. The lowest BCUT2D eigenvalue weighted by atomic mass is 9.85. The van der Waals surface area contributed by atoms with E-state index in [-0.39, 0.29) is 0 Å². The molecule has 0 saturated carbocycles. The first-order chi connectivity index (χ1) is 13.9. The van der Waals surface area contributed by atoms with Gasteiger partial charge in [0.1, 0.15) is 5.82 Å². The second kappa shape index (κ2) is 5.11. The average molecular weight is 358 g/mol. The van der Waals surface area contributed by atoms with Gasteiger partial charge in [-0.15, -0.1) is 0 Å². The molecule has 4 aromatic rings. The van der Waals surface area contributed by atoms with Gasteiger partial charge in [0, 0.05) is 24.6 Å². The molecule has 2 heteroatoms. The predicted octanol–water partition coefficient (Wildman–Crippen LogP) is 5.93. The number of aromatic nitrogens is 1. The van der Waals surface area contributed by atoms with Gasteiger partial charge in [-0.3, -0.25) is 4.90 Å². The SMILES string of the molecule is c1ccc2c(c1)Cc1ccc3c(c1-2)N1c2ncccc2Cc2cccc(c21)C3. The molecule has 132 valence electrons. The minimum Gasteiger partial charge on any atom is -0.293 e. The molecule has 1 aromatic heterocycles. The lowest BCUT2D eigenvalue weighted by Gasteiger charge is -2.39. The van der Waals surface area contributed by atoms with E-state index in [1.54, 1.807) is 0 Å². The first-order valence-corrected chi connectivity index (χ1v) is 9.96. The summed E-state index contributed by atoms with van der Waals surface area (Å²) in [6.07, 6.45) is 4.91. The summed E-state index contributed by atoms with van der Waals surface area (Å²) in [4.78, 5) is 7.31. The Labute approximate surface area is 164 Å². The maximum absolute atomic E-state index is 4.85. The summed E-state index contributed by atoms with van der Waals surface area (Å²) < 4.78 is 0. The molecular weight excluding hydrogens is 340 g/mol. The summed E-state index contributed by atoms with van der Waals surface area (Å²) >= 11 is 0. The van der Waals surface area contributed by atoms with Gasteiger partial charge in [-0.05, 0) is 51.4 Å². The van der Waals surface area contributed by atoms with Gasteiger partial charge in [-0.2, -0.15) is 0 Å². The van der Waals surface area contributed by atoms with E-state index in [0.717, 1.165) is 25.1 Å². The molecule has 2 aliphatic heterocycles. The Hall–Kier alpha value is -3.39. The molecule has 0 atom stereocenters. The summed E-state index contributed by atoms with van der Waals surface area (Å²) in [7, 11) is 0. The maximum atomic E-state index is 4.85. The van der Waals surface area contributed by atoms with E-state index in [4.69, 9.17) is 4.98 Å². The number of pyridine rings is 1. The Morgan fingerprint density at radius 3 is 2.18 bits per heavy atom. The zero-order chi connectivity index (χ0) is 18.2. The second-order valence-electron chi connectivity index (χ2n) is 8.04. The van der Waals surface area contributed by atoms with Crippen molar-refractivity contribution in [1.29, 1.82) is 0 Å². The molecule has 0 amide bonds. The van der Waals surface area contributed by atoms with Crippen molar-refractivity contribution in [1.82, 2.24) is 4.98 Å². The summed E-state index contributed by atoms with van der Waals surface area (Å²) in [6, 6.07) is 24.6. The van der Waals surface area contributed by atoms with E-state index < -0.39 is 0 Å². The smallest absolute Gasteiger partial charge is 0.141 e. The molecule has 1 aliphatic carbocycles. The molecule has 3 aliphatic rings. The molecule has 0 bridgehead atoms. The van der Waals surface area contributed by atoms with Gasteiger partial charge in [0.25, 0.3) is 0 Å². The van der Waals surface area contributed by atoms with Gasteiger partial charge < -0.3 is 0 Å². The minimum atomic E-state index is 0.962. The topological polar surface area (TPSA) is 16.1 Å². The van der Waals surface area contributed by atoms with Crippen LogP contribution in [0.15, 0.2) is 72.9 Å². The quantitative estimate of drug-likeness (QED) is 0.334. The zero-order valence-corrected chi connectivity index (χ0v) is 15.4. The number of benzene rings is 3.